The number of benzene rings is 1. The highest BCUT2D eigenvalue weighted by atomic mass is 16.3. The first kappa shape index (κ1) is 19.5. The summed E-state index contributed by atoms with van der Waals surface area (Å²) in [5.74, 6) is -0.0242. The minimum absolute atomic E-state index is 0.228. The molecule has 7 heteroatoms. The minimum Gasteiger partial charge on any atom is -0.394 e. The molecule has 0 radical (unpaired) electrons. The summed E-state index contributed by atoms with van der Waals surface area (Å²) in [5, 5.41) is 33.4. The SMILES string of the molecule is CC(C)C(=O)N[C@H]1c2nc(CCc3ccccc3)cn2[C@@H](CO)[C@@H](O)[C@@H]1O. The van der Waals surface area contributed by atoms with Gasteiger partial charge in [0.05, 0.1) is 18.3 Å². The van der Waals surface area contributed by atoms with E-state index in [0.717, 1.165) is 12.1 Å². The van der Waals surface area contributed by atoms with E-state index in [-0.39, 0.29) is 18.4 Å². The van der Waals surface area contributed by atoms with Crippen LogP contribution in [0, 0.1) is 5.92 Å². The highest BCUT2D eigenvalue weighted by molar-refractivity contribution is 5.78. The molecule has 2 aromatic rings. The lowest BCUT2D eigenvalue weighted by Gasteiger charge is -2.38. The van der Waals surface area contributed by atoms with Gasteiger partial charge in [-0.2, -0.15) is 0 Å². The van der Waals surface area contributed by atoms with Crippen molar-refractivity contribution in [2.75, 3.05) is 6.61 Å². The number of carbonyl (C=O) groups is 1. The number of hydrogen-bond donors (Lipinski definition) is 4. The lowest BCUT2D eigenvalue weighted by Crippen LogP contribution is -2.52. The first-order valence-corrected chi connectivity index (χ1v) is 9.31. The van der Waals surface area contributed by atoms with Crippen molar-refractivity contribution in [3.8, 4) is 0 Å². The molecule has 3 rings (SSSR count). The fourth-order valence-corrected chi connectivity index (χ4v) is 3.40. The molecule has 2 heterocycles. The van der Waals surface area contributed by atoms with Crippen LogP contribution < -0.4 is 5.32 Å². The van der Waals surface area contributed by atoms with E-state index in [0.29, 0.717) is 12.2 Å². The van der Waals surface area contributed by atoms with E-state index < -0.39 is 24.3 Å². The van der Waals surface area contributed by atoms with Crippen LogP contribution in [0.2, 0.25) is 0 Å². The number of imidazole rings is 1. The van der Waals surface area contributed by atoms with E-state index in [4.69, 9.17) is 0 Å². The fourth-order valence-electron chi connectivity index (χ4n) is 3.40. The average Bonchev–Trinajstić information content (AvgIpc) is 3.08. The molecule has 4 atom stereocenters. The van der Waals surface area contributed by atoms with Gasteiger partial charge in [0.2, 0.25) is 5.91 Å². The van der Waals surface area contributed by atoms with Crippen molar-refractivity contribution < 1.29 is 20.1 Å². The van der Waals surface area contributed by atoms with Crippen LogP contribution in [0.25, 0.3) is 0 Å². The molecule has 4 N–H and O–H groups in total. The number of carbonyl (C=O) groups excluding carboxylic acids is 1. The van der Waals surface area contributed by atoms with Crippen LogP contribution in [-0.4, -0.2) is 49.6 Å². The van der Waals surface area contributed by atoms with Gasteiger partial charge in [-0.3, -0.25) is 4.79 Å². The number of aliphatic hydroxyl groups excluding tert-OH is 3. The van der Waals surface area contributed by atoms with Gasteiger partial charge in [0.15, 0.2) is 0 Å². The quantitative estimate of drug-likeness (QED) is 0.598. The molecule has 0 saturated carbocycles. The van der Waals surface area contributed by atoms with E-state index in [1.807, 2.05) is 30.3 Å². The maximum atomic E-state index is 12.2. The molecule has 0 aliphatic carbocycles. The molecular formula is C20H27N3O4. The van der Waals surface area contributed by atoms with Gasteiger partial charge in [0.25, 0.3) is 0 Å². The first-order valence-electron chi connectivity index (χ1n) is 9.31. The first-order chi connectivity index (χ1) is 12.9. The Morgan fingerprint density at radius 2 is 1.89 bits per heavy atom. The largest absolute Gasteiger partial charge is 0.394 e. The molecule has 146 valence electrons. The molecule has 0 unspecified atom stereocenters. The van der Waals surface area contributed by atoms with Crippen molar-refractivity contribution in [3.05, 3.63) is 53.6 Å². The summed E-state index contributed by atoms with van der Waals surface area (Å²) < 4.78 is 1.68. The van der Waals surface area contributed by atoms with E-state index in [1.54, 1.807) is 24.6 Å². The number of aromatic nitrogens is 2. The third-order valence-corrected chi connectivity index (χ3v) is 5.05. The standard InChI is InChI=1S/C20H27N3O4/c1-12(2)20(27)22-16-18(26)17(25)15(11-24)23-10-14(21-19(16)23)9-8-13-6-4-3-5-7-13/h3-7,10,12,15-18,24-26H,8-9,11H2,1-2H3,(H,22,27)/t15-,16+,17+,18+/m0/s1. The van der Waals surface area contributed by atoms with Crippen molar-refractivity contribution in [1.82, 2.24) is 14.9 Å². The monoisotopic (exact) mass is 373 g/mol. The molecule has 27 heavy (non-hydrogen) atoms. The number of aryl methyl sites for hydroxylation is 2. The lowest BCUT2D eigenvalue weighted by molar-refractivity contribution is -0.128. The summed E-state index contributed by atoms with van der Waals surface area (Å²) in [6.45, 7) is 3.19. The Labute approximate surface area is 158 Å². The Kier molecular flexibility index (Phi) is 5.94. The summed E-state index contributed by atoms with van der Waals surface area (Å²) >= 11 is 0. The predicted octanol–water partition coefficient (Wildman–Crippen LogP) is 0.750. The maximum absolute atomic E-state index is 12.2. The smallest absolute Gasteiger partial charge is 0.223 e. The molecule has 0 saturated heterocycles. The molecule has 0 fully saturated rings. The van der Waals surface area contributed by atoms with Gasteiger partial charge < -0.3 is 25.2 Å². The van der Waals surface area contributed by atoms with Crippen molar-refractivity contribution in [3.63, 3.8) is 0 Å². The molecule has 0 bridgehead atoms. The fraction of sp³-hybridized carbons (Fsp3) is 0.500. The number of aliphatic hydroxyl groups is 3. The number of nitrogens with zero attached hydrogens (tertiary/aromatic N) is 2. The van der Waals surface area contributed by atoms with Crippen molar-refractivity contribution in [2.45, 2.75) is 51.0 Å². The molecule has 1 aliphatic heterocycles. The molecular weight excluding hydrogens is 346 g/mol. The van der Waals surface area contributed by atoms with Crippen LogP contribution in [0.3, 0.4) is 0 Å². The number of hydrogen-bond acceptors (Lipinski definition) is 5. The summed E-state index contributed by atoms with van der Waals surface area (Å²) in [4.78, 5) is 16.8. The highest BCUT2D eigenvalue weighted by Gasteiger charge is 2.43. The zero-order valence-corrected chi connectivity index (χ0v) is 15.6. The number of nitrogens with one attached hydrogen (secondary N) is 1. The third kappa shape index (κ3) is 4.05. The summed E-state index contributed by atoms with van der Waals surface area (Å²) in [6, 6.07) is 8.52. The van der Waals surface area contributed by atoms with Gasteiger partial charge >= 0.3 is 0 Å². The molecule has 7 nitrogen and oxygen atoms in total. The topological polar surface area (TPSA) is 108 Å². The van der Waals surface area contributed by atoms with Gasteiger partial charge in [-0.05, 0) is 18.4 Å². The normalized spacial score (nSPS) is 24.7. The molecule has 1 amide bonds. The van der Waals surface area contributed by atoms with Crippen LogP contribution in [0.4, 0.5) is 0 Å². The van der Waals surface area contributed by atoms with Gasteiger partial charge in [-0.1, -0.05) is 44.2 Å². The van der Waals surface area contributed by atoms with Crippen LogP contribution in [0.1, 0.15) is 43.0 Å². The average molecular weight is 373 g/mol. The summed E-state index contributed by atoms with van der Waals surface area (Å²) in [5.41, 5.74) is 1.98. The van der Waals surface area contributed by atoms with Crippen LogP contribution in [-0.2, 0) is 17.6 Å². The van der Waals surface area contributed by atoms with Gasteiger partial charge in [0.1, 0.15) is 24.1 Å². The van der Waals surface area contributed by atoms with Crippen LogP contribution in [0.5, 0.6) is 0 Å². The molecule has 0 spiro atoms. The lowest BCUT2D eigenvalue weighted by atomic mass is 9.93. The van der Waals surface area contributed by atoms with Gasteiger partial charge in [-0.15, -0.1) is 0 Å². The predicted molar refractivity (Wildman–Crippen MR) is 99.9 cm³/mol. The van der Waals surface area contributed by atoms with E-state index in [9.17, 15) is 20.1 Å². The second-order valence-electron chi connectivity index (χ2n) is 7.36. The zero-order chi connectivity index (χ0) is 19.6. The second kappa shape index (κ2) is 8.21. The van der Waals surface area contributed by atoms with Crippen molar-refractivity contribution >= 4 is 5.91 Å². The number of fused-ring (bicyclic) bond motifs is 1. The zero-order valence-electron chi connectivity index (χ0n) is 15.6. The third-order valence-electron chi connectivity index (χ3n) is 5.05. The van der Waals surface area contributed by atoms with E-state index in [1.165, 1.54) is 5.56 Å². The Bertz CT molecular complexity index is 775. The Hall–Kier alpha value is -2.22. The number of rotatable bonds is 6. The Balaban J connectivity index is 1.87. The van der Waals surface area contributed by atoms with E-state index >= 15 is 0 Å². The van der Waals surface area contributed by atoms with Gasteiger partial charge in [0, 0.05) is 12.1 Å². The van der Waals surface area contributed by atoms with Crippen molar-refractivity contribution in [2.24, 2.45) is 5.92 Å². The van der Waals surface area contributed by atoms with Crippen LogP contribution in [0.15, 0.2) is 36.5 Å². The van der Waals surface area contributed by atoms with E-state index in [2.05, 4.69) is 10.3 Å². The van der Waals surface area contributed by atoms with Gasteiger partial charge in [-0.25, -0.2) is 4.98 Å². The molecule has 1 aromatic carbocycles. The highest BCUT2D eigenvalue weighted by Crippen LogP contribution is 2.33. The minimum atomic E-state index is -1.23. The van der Waals surface area contributed by atoms with Crippen LogP contribution >= 0.6 is 0 Å². The maximum Gasteiger partial charge on any atom is 0.223 e. The second-order valence-corrected chi connectivity index (χ2v) is 7.36. The molecule has 1 aromatic heterocycles. The Morgan fingerprint density at radius 3 is 2.52 bits per heavy atom. The summed E-state index contributed by atoms with van der Waals surface area (Å²) in [7, 11) is 0. The van der Waals surface area contributed by atoms with Crippen molar-refractivity contribution in [1.29, 1.82) is 0 Å². The summed E-state index contributed by atoms with van der Waals surface area (Å²) in [6.07, 6.45) is 0.842. The Morgan fingerprint density at radius 1 is 1.19 bits per heavy atom. The molecule has 1 aliphatic rings. The number of amides is 1.